The molecular formula is C20H23BrN2O2. The molecule has 2 aromatic carbocycles. The van der Waals surface area contributed by atoms with E-state index >= 15 is 0 Å². The maximum absolute atomic E-state index is 12.0. The topological polar surface area (TPSA) is 58.2 Å². The zero-order valence-electron chi connectivity index (χ0n) is 14.3. The molecule has 0 saturated carbocycles. The van der Waals surface area contributed by atoms with Crippen LogP contribution in [0.5, 0.6) is 0 Å². The Balaban J connectivity index is 1.64. The molecule has 2 N–H and O–H groups in total. The molecule has 0 heterocycles. The third-order valence-electron chi connectivity index (χ3n) is 3.86. The van der Waals surface area contributed by atoms with Crippen LogP contribution >= 0.6 is 15.9 Å². The molecular weight excluding hydrogens is 380 g/mol. The molecule has 4 nitrogen and oxygen atoms in total. The van der Waals surface area contributed by atoms with Crippen molar-refractivity contribution in [3.8, 4) is 0 Å². The molecule has 0 saturated heterocycles. The van der Waals surface area contributed by atoms with Crippen LogP contribution < -0.4 is 10.6 Å². The minimum Gasteiger partial charge on any atom is -0.354 e. The van der Waals surface area contributed by atoms with Gasteiger partial charge in [0, 0.05) is 29.0 Å². The molecule has 0 spiro atoms. The maximum Gasteiger partial charge on any atom is 0.251 e. The van der Waals surface area contributed by atoms with Gasteiger partial charge in [-0.2, -0.15) is 0 Å². The van der Waals surface area contributed by atoms with Gasteiger partial charge in [-0.3, -0.25) is 9.59 Å². The summed E-state index contributed by atoms with van der Waals surface area (Å²) in [5, 5.41) is 5.74. The largest absolute Gasteiger partial charge is 0.354 e. The Morgan fingerprint density at radius 3 is 2.40 bits per heavy atom. The van der Waals surface area contributed by atoms with Gasteiger partial charge in [-0.1, -0.05) is 46.3 Å². The second-order valence-electron chi connectivity index (χ2n) is 6.01. The number of benzene rings is 2. The van der Waals surface area contributed by atoms with Crippen LogP contribution in [-0.2, 0) is 11.2 Å². The predicted molar refractivity (Wildman–Crippen MR) is 103 cm³/mol. The summed E-state index contributed by atoms with van der Waals surface area (Å²) in [6.07, 6.45) is 2.10. The number of halogens is 1. The van der Waals surface area contributed by atoms with Crippen molar-refractivity contribution < 1.29 is 9.59 Å². The van der Waals surface area contributed by atoms with Crippen LogP contribution in [0.3, 0.4) is 0 Å². The summed E-state index contributed by atoms with van der Waals surface area (Å²) in [6.45, 7) is 2.33. The van der Waals surface area contributed by atoms with Crippen LogP contribution in [0.2, 0.25) is 0 Å². The van der Waals surface area contributed by atoms with Crippen molar-refractivity contribution in [1.29, 1.82) is 0 Å². The van der Waals surface area contributed by atoms with Crippen molar-refractivity contribution >= 4 is 27.7 Å². The standard InChI is InChI=1S/C20H23BrN2O2/c1-15(7-8-16-5-3-2-4-6-16)23-19(24)13-14-22-20(25)17-9-11-18(21)12-10-17/h2-6,9-12,15H,7-8,13-14H2,1H3,(H,22,25)(H,23,24)/t15-/m1/s1. The van der Waals surface area contributed by atoms with E-state index in [0.717, 1.165) is 17.3 Å². The van der Waals surface area contributed by atoms with Gasteiger partial charge in [-0.05, 0) is 49.6 Å². The highest BCUT2D eigenvalue weighted by Gasteiger charge is 2.09. The second kappa shape index (κ2) is 9.99. The number of carbonyl (C=O) groups excluding carboxylic acids is 2. The first kappa shape index (κ1) is 19.2. The van der Waals surface area contributed by atoms with Crippen LogP contribution in [0.25, 0.3) is 0 Å². The molecule has 0 bridgehead atoms. The molecule has 0 radical (unpaired) electrons. The molecule has 1 atom stereocenters. The van der Waals surface area contributed by atoms with E-state index in [4.69, 9.17) is 0 Å². The van der Waals surface area contributed by atoms with Crippen LogP contribution in [0, 0.1) is 0 Å². The first-order valence-corrected chi connectivity index (χ1v) is 9.21. The lowest BCUT2D eigenvalue weighted by Gasteiger charge is -2.14. The Morgan fingerprint density at radius 1 is 1.04 bits per heavy atom. The summed E-state index contributed by atoms with van der Waals surface area (Å²) in [4.78, 5) is 23.9. The zero-order valence-corrected chi connectivity index (χ0v) is 15.9. The highest BCUT2D eigenvalue weighted by atomic mass is 79.9. The number of carbonyl (C=O) groups is 2. The summed E-state index contributed by atoms with van der Waals surface area (Å²) in [5.41, 5.74) is 1.85. The summed E-state index contributed by atoms with van der Waals surface area (Å²) in [7, 11) is 0. The van der Waals surface area contributed by atoms with E-state index in [9.17, 15) is 9.59 Å². The van der Waals surface area contributed by atoms with E-state index in [1.807, 2.05) is 37.3 Å². The molecule has 0 aliphatic rings. The fraction of sp³-hybridized carbons (Fsp3) is 0.300. The number of amides is 2. The first-order valence-electron chi connectivity index (χ1n) is 8.41. The third kappa shape index (κ3) is 7.10. The molecule has 2 rings (SSSR count). The fourth-order valence-corrected chi connectivity index (χ4v) is 2.70. The molecule has 5 heteroatoms. The van der Waals surface area contributed by atoms with E-state index in [0.29, 0.717) is 12.1 Å². The van der Waals surface area contributed by atoms with Gasteiger partial charge in [0.1, 0.15) is 0 Å². The summed E-state index contributed by atoms with van der Waals surface area (Å²) >= 11 is 3.33. The van der Waals surface area contributed by atoms with Crippen LogP contribution in [0.4, 0.5) is 0 Å². The van der Waals surface area contributed by atoms with Gasteiger partial charge < -0.3 is 10.6 Å². The van der Waals surface area contributed by atoms with E-state index in [1.54, 1.807) is 12.1 Å². The second-order valence-corrected chi connectivity index (χ2v) is 6.92. The normalized spacial score (nSPS) is 11.6. The Morgan fingerprint density at radius 2 is 1.72 bits per heavy atom. The van der Waals surface area contributed by atoms with Gasteiger partial charge in [0.15, 0.2) is 0 Å². The molecule has 25 heavy (non-hydrogen) atoms. The van der Waals surface area contributed by atoms with Crippen molar-refractivity contribution in [2.75, 3.05) is 6.54 Å². The molecule has 132 valence electrons. The number of hydrogen-bond donors (Lipinski definition) is 2. The molecule has 0 fully saturated rings. The Bertz CT molecular complexity index is 687. The van der Waals surface area contributed by atoms with Gasteiger partial charge in [0.25, 0.3) is 5.91 Å². The van der Waals surface area contributed by atoms with Gasteiger partial charge >= 0.3 is 0 Å². The van der Waals surface area contributed by atoms with Crippen molar-refractivity contribution in [2.45, 2.75) is 32.2 Å². The maximum atomic E-state index is 12.0. The smallest absolute Gasteiger partial charge is 0.251 e. The lowest BCUT2D eigenvalue weighted by atomic mass is 10.1. The fourth-order valence-electron chi connectivity index (χ4n) is 2.44. The Labute approximate surface area is 157 Å². The SMILES string of the molecule is C[C@H](CCc1ccccc1)NC(=O)CCNC(=O)c1ccc(Br)cc1. The quantitative estimate of drug-likeness (QED) is 0.706. The number of nitrogens with one attached hydrogen (secondary N) is 2. The van der Waals surface area contributed by atoms with Crippen molar-refractivity contribution in [3.05, 3.63) is 70.2 Å². The first-order chi connectivity index (χ1) is 12.0. The van der Waals surface area contributed by atoms with Gasteiger partial charge in [-0.15, -0.1) is 0 Å². The van der Waals surface area contributed by atoms with E-state index < -0.39 is 0 Å². The molecule has 2 aromatic rings. The zero-order chi connectivity index (χ0) is 18.1. The van der Waals surface area contributed by atoms with E-state index in [1.165, 1.54) is 5.56 Å². The minimum atomic E-state index is -0.169. The van der Waals surface area contributed by atoms with Crippen LogP contribution in [-0.4, -0.2) is 24.4 Å². The average molecular weight is 403 g/mol. The highest BCUT2D eigenvalue weighted by Crippen LogP contribution is 2.10. The number of aryl methyl sites for hydroxylation is 1. The molecule has 0 aromatic heterocycles. The molecule has 0 unspecified atom stereocenters. The molecule has 0 aliphatic carbocycles. The summed E-state index contributed by atoms with van der Waals surface area (Å²) < 4.78 is 0.924. The average Bonchev–Trinajstić information content (AvgIpc) is 2.61. The van der Waals surface area contributed by atoms with E-state index in [2.05, 4.69) is 38.7 Å². The highest BCUT2D eigenvalue weighted by molar-refractivity contribution is 9.10. The van der Waals surface area contributed by atoms with E-state index in [-0.39, 0.29) is 24.3 Å². The van der Waals surface area contributed by atoms with Gasteiger partial charge in [-0.25, -0.2) is 0 Å². The lowest BCUT2D eigenvalue weighted by molar-refractivity contribution is -0.121. The molecule has 0 aliphatic heterocycles. The van der Waals surface area contributed by atoms with Gasteiger partial charge in [0.2, 0.25) is 5.91 Å². The number of hydrogen-bond acceptors (Lipinski definition) is 2. The summed E-state index contributed by atoms with van der Waals surface area (Å²) in [6, 6.07) is 17.4. The van der Waals surface area contributed by atoms with Gasteiger partial charge in [0.05, 0.1) is 0 Å². The number of rotatable bonds is 8. The predicted octanol–water partition coefficient (Wildman–Crippen LogP) is 3.71. The van der Waals surface area contributed by atoms with Crippen molar-refractivity contribution in [3.63, 3.8) is 0 Å². The summed E-state index contributed by atoms with van der Waals surface area (Å²) in [5.74, 6) is -0.214. The van der Waals surface area contributed by atoms with Crippen LogP contribution in [0.1, 0.15) is 35.7 Å². The third-order valence-corrected chi connectivity index (χ3v) is 4.39. The Hall–Kier alpha value is -2.14. The molecule has 2 amide bonds. The van der Waals surface area contributed by atoms with Crippen LogP contribution in [0.15, 0.2) is 59.1 Å². The van der Waals surface area contributed by atoms with Crippen molar-refractivity contribution in [1.82, 2.24) is 10.6 Å². The minimum absolute atomic E-state index is 0.0448. The Kier molecular flexibility index (Phi) is 7.67. The monoisotopic (exact) mass is 402 g/mol. The lowest BCUT2D eigenvalue weighted by Crippen LogP contribution is -2.35. The van der Waals surface area contributed by atoms with Crippen molar-refractivity contribution in [2.24, 2.45) is 0 Å².